The molecule has 0 saturated carbocycles. The van der Waals surface area contributed by atoms with Crippen molar-refractivity contribution in [2.75, 3.05) is 14.1 Å². The van der Waals surface area contributed by atoms with Crippen molar-refractivity contribution in [3.8, 4) is 0 Å². The fourth-order valence-corrected chi connectivity index (χ4v) is 4.32. The summed E-state index contributed by atoms with van der Waals surface area (Å²) >= 11 is 3.34. The minimum Gasteiger partial charge on any atom is -0.352 e. The lowest BCUT2D eigenvalue weighted by Gasteiger charge is -2.10. The number of aryl methyl sites for hydroxylation is 2. The van der Waals surface area contributed by atoms with Crippen LogP contribution in [0.2, 0.25) is 0 Å². The summed E-state index contributed by atoms with van der Waals surface area (Å²) in [7, 11) is 1.23. The molecule has 0 saturated heterocycles. The average molecular weight is 497 g/mol. The molecular weight excluding hydrogens is 475 g/mol. The highest BCUT2D eigenvalue weighted by molar-refractivity contribution is 9.10. The molecule has 7 nitrogen and oxygen atoms in total. The van der Waals surface area contributed by atoms with Crippen LogP contribution in [0.15, 0.2) is 45.8 Å². The van der Waals surface area contributed by atoms with E-state index in [1.165, 1.54) is 32.3 Å². The van der Waals surface area contributed by atoms with Crippen molar-refractivity contribution in [3.05, 3.63) is 58.1 Å². The maximum Gasteiger partial charge on any atom is 0.242 e. The van der Waals surface area contributed by atoms with Crippen molar-refractivity contribution < 1.29 is 17.6 Å². The highest BCUT2D eigenvalue weighted by atomic mass is 79.9. The molecular formula is C20H22BrFN4O3S. The number of carbonyl (C=O) groups excluding carboxylic acids is 1. The Hall–Kier alpha value is -2.30. The molecule has 3 rings (SSSR count). The van der Waals surface area contributed by atoms with Crippen LogP contribution in [-0.2, 0) is 34.8 Å². The van der Waals surface area contributed by atoms with Gasteiger partial charge >= 0.3 is 0 Å². The molecule has 0 radical (unpaired) electrons. The van der Waals surface area contributed by atoms with Gasteiger partial charge in [-0.25, -0.2) is 22.1 Å². The van der Waals surface area contributed by atoms with Crippen LogP contribution in [0.1, 0.15) is 17.8 Å². The monoisotopic (exact) mass is 496 g/mol. The summed E-state index contributed by atoms with van der Waals surface area (Å²) in [5, 5.41) is 2.77. The number of carbonyl (C=O) groups is 1. The lowest BCUT2D eigenvalue weighted by Crippen LogP contribution is -2.23. The number of benzene rings is 2. The number of hydrogen-bond acceptors (Lipinski definition) is 4. The number of nitrogens with zero attached hydrogens (tertiary/aromatic N) is 3. The molecule has 160 valence electrons. The summed E-state index contributed by atoms with van der Waals surface area (Å²) in [5.74, 6) is 0.123. The summed E-state index contributed by atoms with van der Waals surface area (Å²) in [6.07, 6.45) is 0.587. The number of amides is 1. The molecule has 1 amide bonds. The molecule has 0 bridgehead atoms. The first-order valence-corrected chi connectivity index (χ1v) is 11.4. The van der Waals surface area contributed by atoms with E-state index in [1.54, 1.807) is 18.2 Å². The largest absolute Gasteiger partial charge is 0.352 e. The number of fused-ring (bicyclic) bond motifs is 1. The van der Waals surface area contributed by atoms with Crippen LogP contribution in [0.25, 0.3) is 11.0 Å². The minimum absolute atomic E-state index is 0.170. The fourth-order valence-electron chi connectivity index (χ4n) is 3.01. The SMILES string of the molecule is CN(C)S(=O)(=O)c1ccc2c(c1)nc(CCC(=O)NCc1cc(F)ccc1Br)n2C. The first kappa shape index (κ1) is 22.4. The van der Waals surface area contributed by atoms with Gasteiger partial charge in [-0.15, -0.1) is 0 Å². The predicted octanol–water partition coefficient (Wildman–Crippen LogP) is 2.97. The summed E-state index contributed by atoms with van der Waals surface area (Å²) in [6, 6.07) is 9.11. The number of hydrogen-bond donors (Lipinski definition) is 1. The van der Waals surface area contributed by atoms with Gasteiger partial charge in [0.25, 0.3) is 0 Å². The fraction of sp³-hybridized carbons (Fsp3) is 0.300. The Kier molecular flexibility index (Phi) is 6.59. The molecule has 0 aliphatic rings. The van der Waals surface area contributed by atoms with E-state index in [9.17, 15) is 17.6 Å². The maximum atomic E-state index is 13.3. The third-order valence-electron chi connectivity index (χ3n) is 4.78. The molecule has 1 N–H and O–H groups in total. The first-order valence-electron chi connectivity index (χ1n) is 9.18. The lowest BCUT2D eigenvalue weighted by molar-refractivity contribution is -0.121. The van der Waals surface area contributed by atoms with Crippen LogP contribution in [-0.4, -0.2) is 42.3 Å². The molecule has 1 aromatic heterocycles. The van der Waals surface area contributed by atoms with Gasteiger partial charge in [-0.3, -0.25) is 4.79 Å². The molecule has 2 aromatic carbocycles. The molecule has 0 fully saturated rings. The number of aromatic nitrogens is 2. The van der Waals surface area contributed by atoms with Crippen molar-refractivity contribution in [1.82, 2.24) is 19.2 Å². The van der Waals surface area contributed by atoms with Gasteiger partial charge in [0.2, 0.25) is 15.9 Å². The van der Waals surface area contributed by atoms with Crippen molar-refractivity contribution in [2.24, 2.45) is 7.05 Å². The highest BCUT2D eigenvalue weighted by Crippen LogP contribution is 2.22. The molecule has 1 heterocycles. The zero-order valence-corrected chi connectivity index (χ0v) is 19.2. The normalized spacial score (nSPS) is 11.9. The van der Waals surface area contributed by atoms with E-state index < -0.39 is 10.0 Å². The van der Waals surface area contributed by atoms with E-state index >= 15 is 0 Å². The Labute approximate surface area is 183 Å². The van der Waals surface area contributed by atoms with Gasteiger partial charge in [0.1, 0.15) is 11.6 Å². The van der Waals surface area contributed by atoms with Gasteiger partial charge < -0.3 is 9.88 Å². The van der Waals surface area contributed by atoms with Crippen molar-refractivity contribution in [1.29, 1.82) is 0 Å². The Bertz CT molecular complexity index is 1210. The van der Waals surface area contributed by atoms with E-state index in [0.29, 0.717) is 23.3 Å². The molecule has 0 spiro atoms. The van der Waals surface area contributed by atoms with Crippen LogP contribution in [0.5, 0.6) is 0 Å². The summed E-state index contributed by atoms with van der Waals surface area (Å²) in [4.78, 5) is 16.9. The van der Waals surface area contributed by atoms with Crippen LogP contribution in [0.4, 0.5) is 4.39 Å². The molecule has 10 heteroatoms. The van der Waals surface area contributed by atoms with E-state index in [2.05, 4.69) is 26.2 Å². The molecule has 0 atom stereocenters. The first-order chi connectivity index (χ1) is 14.1. The van der Waals surface area contributed by atoms with Crippen molar-refractivity contribution in [3.63, 3.8) is 0 Å². The zero-order valence-electron chi connectivity index (χ0n) is 16.8. The molecule has 0 aliphatic heterocycles. The van der Waals surface area contributed by atoms with Gasteiger partial charge in [-0.2, -0.15) is 0 Å². The summed E-state index contributed by atoms with van der Waals surface area (Å²) in [6.45, 7) is 0.214. The maximum absolute atomic E-state index is 13.3. The summed E-state index contributed by atoms with van der Waals surface area (Å²) in [5.41, 5.74) is 1.99. The van der Waals surface area contributed by atoms with Crippen LogP contribution in [0.3, 0.4) is 0 Å². The number of rotatable bonds is 7. The Morgan fingerprint density at radius 3 is 2.67 bits per heavy atom. The molecule has 0 unspecified atom stereocenters. The van der Waals surface area contributed by atoms with E-state index in [1.807, 2.05) is 11.6 Å². The van der Waals surface area contributed by atoms with Gasteiger partial charge in [0.15, 0.2) is 0 Å². The van der Waals surface area contributed by atoms with Gasteiger partial charge in [0.05, 0.1) is 15.9 Å². The standard InChI is InChI=1S/C20H22BrFN4O3S/c1-25(2)30(28,29)15-5-7-18-17(11-15)24-19(26(18)3)8-9-20(27)23-12-13-10-14(22)4-6-16(13)21/h4-7,10-11H,8-9,12H2,1-3H3,(H,23,27). The van der Waals surface area contributed by atoms with Crippen molar-refractivity contribution in [2.45, 2.75) is 24.3 Å². The lowest BCUT2D eigenvalue weighted by atomic mass is 10.2. The Morgan fingerprint density at radius 1 is 1.23 bits per heavy atom. The second kappa shape index (κ2) is 8.83. The Morgan fingerprint density at radius 2 is 1.97 bits per heavy atom. The predicted molar refractivity (Wildman–Crippen MR) is 116 cm³/mol. The van der Waals surface area contributed by atoms with Crippen LogP contribution < -0.4 is 5.32 Å². The van der Waals surface area contributed by atoms with E-state index in [4.69, 9.17) is 0 Å². The van der Waals surface area contributed by atoms with Gasteiger partial charge in [0, 0.05) is 45.0 Å². The van der Waals surface area contributed by atoms with Gasteiger partial charge in [-0.05, 0) is 42.0 Å². The quantitative estimate of drug-likeness (QED) is 0.544. The Balaban J connectivity index is 1.69. The molecule has 3 aromatic rings. The topological polar surface area (TPSA) is 84.3 Å². The van der Waals surface area contributed by atoms with Crippen molar-refractivity contribution >= 4 is 42.9 Å². The second-order valence-corrected chi connectivity index (χ2v) is 10.0. The summed E-state index contributed by atoms with van der Waals surface area (Å²) < 4.78 is 41.7. The zero-order chi connectivity index (χ0) is 22.1. The van der Waals surface area contributed by atoms with E-state index in [0.717, 1.165) is 14.3 Å². The second-order valence-electron chi connectivity index (χ2n) is 7.04. The minimum atomic E-state index is -3.55. The number of halogens is 2. The molecule has 30 heavy (non-hydrogen) atoms. The van der Waals surface area contributed by atoms with Crippen LogP contribution >= 0.6 is 15.9 Å². The van der Waals surface area contributed by atoms with Crippen LogP contribution in [0, 0.1) is 5.82 Å². The third-order valence-corrected chi connectivity index (χ3v) is 7.37. The number of sulfonamides is 1. The van der Waals surface area contributed by atoms with Gasteiger partial charge in [-0.1, -0.05) is 15.9 Å². The van der Waals surface area contributed by atoms with E-state index in [-0.39, 0.29) is 29.6 Å². The molecule has 0 aliphatic carbocycles. The number of nitrogens with one attached hydrogen (secondary N) is 1. The third kappa shape index (κ3) is 4.71. The number of imidazole rings is 1. The highest BCUT2D eigenvalue weighted by Gasteiger charge is 2.19. The average Bonchev–Trinajstić information content (AvgIpc) is 3.02. The smallest absolute Gasteiger partial charge is 0.242 e.